The van der Waals surface area contributed by atoms with Crippen LogP contribution in [0.3, 0.4) is 0 Å². The first-order valence-electron chi connectivity index (χ1n) is 7.44. The van der Waals surface area contributed by atoms with E-state index in [0.29, 0.717) is 4.57 Å². The second kappa shape index (κ2) is 5.48. The van der Waals surface area contributed by atoms with E-state index in [1.165, 1.54) is 12.1 Å². The molecule has 26 heavy (non-hydrogen) atoms. The Hall–Kier alpha value is -2.04. The normalized spacial score (nSPS) is 22.9. The number of imidazole rings is 1. The molecule has 0 bridgehead atoms. The number of nitrogens with one attached hydrogen (secondary N) is 3. The second-order valence-corrected chi connectivity index (χ2v) is 6.85. The van der Waals surface area contributed by atoms with E-state index >= 15 is 0 Å². The highest BCUT2D eigenvalue weighted by Gasteiger charge is 2.68. The van der Waals surface area contributed by atoms with Crippen LogP contribution in [-0.2, 0) is 15.3 Å². The second-order valence-electron chi connectivity index (χ2n) is 6.03. The van der Waals surface area contributed by atoms with Crippen LogP contribution in [0.2, 0.25) is 10.0 Å². The molecule has 2 aliphatic rings. The van der Waals surface area contributed by atoms with Gasteiger partial charge in [-0.1, -0.05) is 23.2 Å². The molecule has 3 heterocycles. The zero-order valence-electron chi connectivity index (χ0n) is 12.7. The van der Waals surface area contributed by atoms with Crippen LogP contribution in [0.15, 0.2) is 12.1 Å². The summed E-state index contributed by atoms with van der Waals surface area (Å²) in [5, 5.41) is 6.85. The number of rotatable bonds is 2. The molecule has 0 aliphatic carbocycles. The Morgan fingerprint density at radius 1 is 1.31 bits per heavy atom. The smallest absolute Gasteiger partial charge is 0.317 e. The molecule has 0 spiro atoms. The van der Waals surface area contributed by atoms with Crippen LogP contribution in [-0.4, -0.2) is 40.6 Å². The van der Waals surface area contributed by atoms with Crippen molar-refractivity contribution in [2.75, 3.05) is 18.4 Å². The summed E-state index contributed by atoms with van der Waals surface area (Å²) in [6.07, 6.45) is -5.13. The molecule has 7 nitrogen and oxygen atoms in total. The highest BCUT2D eigenvalue weighted by Crippen LogP contribution is 2.45. The van der Waals surface area contributed by atoms with E-state index in [1.807, 2.05) is 5.32 Å². The average Bonchev–Trinajstić information content (AvgIpc) is 2.92. The van der Waals surface area contributed by atoms with Gasteiger partial charge in [0.2, 0.25) is 11.9 Å². The zero-order chi connectivity index (χ0) is 18.9. The molecule has 1 atom stereocenters. The summed E-state index contributed by atoms with van der Waals surface area (Å²) in [7, 11) is 0. The van der Waals surface area contributed by atoms with Crippen molar-refractivity contribution >= 4 is 52.0 Å². The maximum atomic E-state index is 14.1. The molecule has 1 aromatic heterocycles. The van der Waals surface area contributed by atoms with Crippen molar-refractivity contribution in [1.82, 2.24) is 20.2 Å². The molecule has 138 valence electrons. The fourth-order valence-electron chi connectivity index (χ4n) is 2.98. The molecule has 1 saturated heterocycles. The highest BCUT2D eigenvalue weighted by atomic mass is 35.5. The predicted octanol–water partition coefficient (Wildman–Crippen LogP) is 1.85. The first kappa shape index (κ1) is 17.4. The van der Waals surface area contributed by atoms with Gasteiger partial charge in [0.25, 0.3) is 11.6 Å². The van der Waals surface area contributed by atoms with Gasteiger partial charge < -0.3 is 10.6 Å². The van der Waals surface area contributed by atoms with Crippen molar-refractivity contribution in [3.63, 3.8) is 0 Å². The molecular formula is C14H10Cl2F3N5O2. The summed E-state index contributed by atoms with van der Waals surface area (Å²) in [5.74, 6) is -3.33. The van der Waals surface area contributed by atoms with Gasteiger partial charge in [-0.2, -0.15) is 13.2 Å². The Bertz CT molecular complexity index is 956. The van der Waals surface area contributed by atoms with Crippen molar-refractivity contribution in [1.29, 1.82) is 0 Å². The quantitative estimate of drug-likeness (QED) is 0.708. The maximum Gasteiger partial charge on any atom is 0.440 e. The molecule has 12 heteroatoms. The molecule has 1 fully saturated rings. The number of carbonyl (C=O) groups excluding carboxylic acids is 2. The van der Waals surface area contributed by atoms with E-state index in [2.05, 4.69) is 15.6 Å². The molecule has 1 aromatic carbocycles. The van der Waals surface area contributed by atoms with Crippen molar-refractivity contribution < 1.29 is 22.8 Å². The average molecular weight is 408 g/mol. The largest absolute Gasteiger partial charge is 0.440 e. The molecule has 4 rings (SSSR count). The van der Waals surface area contributed by atoms with Gasteiger partial charge in [0.1, 0.15) is 0 Å². The molecule has 2 aliphatic heterocycles. The van der Waals surface area contributed by atoms with Gasteiger partial charge in [0, 0.05) is 13.1 Å². The van der Waals surface area contributed by atoms with E-state index in [-0.39, 0.29) is 40.1 Å². The van der Waals surface area contributed by atoms with Gasteiger partial charge in [-0.25, -0.2) is 4.98 Å². The summed E-state index contributed by atoms with van der Waals surface area (Å²) in [4.78, 5) is 28.6. The molecule has 0 radical (unpaired) electrons. The number of nitrogens with zero attached hydrogens (tertiary/aromatic N) is 2. The first-order valence-corrected chi connectivity index (χ1v) is 8.19. The standard InChI is InChI=1S/C14H10Cl2F3N5O2/c15-6-1-8-9(2-7(6)16)24-12(21-8)22-11(26)13(24,14(17,18)19)23-10(25)5-3-20-4-5/h1-2,5,20H,3-4H2,(H,23,25)(H,21,22,26). The van der Waals surface area contributed by atoms with E-state index in [9.17, 15) is 22.8 Å². The Morgan fingerprint density at radius 3 is 2.54 bits per heavy atom. The number of alkyl halides is 3. The number of amides is 2. The first-order chi connectivity index (χ1) is 12.1. The fraction of sp³-hybridized carbons (Fsp3) is 0.357. The fourth-order valence-corrected chi connectivity index (χ4v) is 3.30. The third-order valence-corrected chi connectivity index (χ3v) is 5.17. The van der Waals surface area contributed by atoms with Crippen molar-refractivity contribution in [2.45, 2.75) is 11.8 Å². The predicted molar refractivity (Wildman–Crippen MR) is 86.9 cm³/mol. The van der Waals surface area contributed by atoms with Crippen LogP contribution in [0.25, 0.3) is 11.0 Å². The SMILES string of the molecule is O=C(NC1(C(F)(F)F)C(=O)Nc2nc3cc(Cl)c(Cl)cc3n21)C1CNC1. The zero-order valence-corrected chi connectivity index (χ0v) is 14.3. The minimum atomic E-state index is -5.13. The lowest BCUT2D eigenvalue weighted by molar-refractivity contribution is -0.218. The van der Waals surface area contributed by atoms with Crippen molar-refractivity contribution in [3.8, 4) is 0 Å². The van der Waals surface area contributed by atoms with Gasteiger partial charge in [-0.05, 0) is 12.1 Å². The van der Waals surface area contributed by atoms with E-state index in [1.54, 1.807) is 0 Å². The van der Waals surface area contributed by atoms with Gasteiger partial charge in [0.15, 0.2) is 0 Å². The van der Waals surface area contributed by atoms with E-state index in [0.717, 1.165) is 0 Å². The van der Waals surface area contributed by atoms with E-state index < -0.39 is 29.6 Å². The lowest BCUT2D eigenvalue weighted by Crippen LogP contribution is -2.66. The topological polar surface area (TPSA) is 88.1 Å². The van der Waals surface area contributed by atoms with Crippen LogP contribution >= 0.6 is 23.2 Å². The number of halogens is 5. The molecule has 2 aromatic rings. The van der Waals surface area contributed by atoms with Crippen LogP contribution in [0.5, 0.6) is 0 Å². The van der Waals surface area contributed by atoms with Crippen LogP contribution in [0.4, 0.5) is 19.1 Å². The molecular weight excluding hydrogens is 398 g/mol. The molecule has 3 N–H and O–H groups in total. The maximum absolute atomic E-state index is 14.1. The Labute approximate surface area is 153 Å². The van der Waals surface area contributed by atoms with Crippen LogP contribution in [0, 0.1) is 5.92 Å². The van der Waals surface area contributed by atoms with Gasteiger partial charge in [0.05, 0.1) is 27.0 Å². The number of aromatic nitrogens is 2. The monoisotopic (exact) mass is 407 g/mol. The van der Waals surface area contributed by atoms with Gasteiger partial charge >= 0.3 is 6.18 Å². The number of hydrogen-bond donors (Lipinski definition) is 3. The third-order valence-electron chi connectivity index (χ3n) is 4.45. The van der Waals surface area contributed by atoms with Crippen LogP contribution < -0.4 is 16.0 Å². The Kier molecular flexibility index (Phi) is 3.66. The summed E-state index contributed by atoms with van der Waals surface area (Å²) < 4.78 is 42.8. The molecule has 0 saturated carbocycles. The highest BCUT2D eigenvalue weighted by molar-refractivity contribution is 6.42. The van der Waals surface area contributed by atoms with Crippen LogP contribution in [0.1, 0.15) is 0 Å². The Balaban J connectivity index is 1.94. The Morgan fingerprint density at radius 2 is 1.96 bits per heavy atom. The van der Waals surface area contributed by atoms with Gasteiger partial charge in [-0.15, -0.1) is 0 Å². The lowest BCUT2D eigenvalue weighted by Gasteiger charge is -2.35. The number of anilines is 1. The number of benzene rings is 1. The van der Waals surface area contributed by atoms with Crippen molar-refractivity contribution in [2.24, 2.45) is 5.92 Å². The summed E-state index contributed by atoms with van der Waals surface area (Å²) in [6.45, 7) is 0.473. The molecule has 1 unspecified atom stereocenters. The van der Waals surface area contributed by atoms with Crippen molar-refractivity contribution in [3.05, 3.63) is 22.2 Å². The number of hydrogen-bond acceptors (Lipinski definition) is 4. The van der Waals surface area contributed by atoms with Gasteiger partial charge in [-0.3, -0.25) is 19.5 Å². The molecule has 2 amide bonds. The summed E-state index contributed by atoms with van der Waals surface area (Å²) in [5.41, 5.74) is -3.30. The number of fused-ring (bicyclic) bond motifs is 3. The lowest BCUT2D eigenvalue weighted by atomic mass is 10.0. The summed E-state index contributed by atoms with van der Waals surface area (Å²) in [6, 6.07) is 2.46. The minimum absolute atomic E-state index is 0.00758. The van der Waals surface area contributed by atoms with E-state index in [4.69, 9.17) is 23.2 Å². The summed E-state index contributed by atoms with van der Waals surface area (Å²) >= 11 is 11.8. The number of carbonyl (C=O) groups is 2. The third kappa shape index (κ3) is 2.22. The minimum Gasteiger partial charge on any atom is -0.317 e.